The number of benzene rings is 1. The van der Waals surface area contributed by atoms with Gasteiger partial charge in [0.15, 0.2) is 0 Å². The van der Waals surface area contributed by atoms with Crippen LogP contribution in [0.25, 0.3) is 0 Å². The number of carbonyl (C=O) groups is 1. The number of hydrogen-bond acceptors (Lipinski definition) is 5. The number of H-pyrrole nitrogens is 1. The van der Waals surface area contributed by atoms with Crippen molar-refractivity contribution in [2.75, 3.05) is 5.75 Å². The second-order valence-corrected chi connectivity index (χ2v) is 8.99. The first-order valence-corrected chi connectivity index (χ1v) is 10.6. The molecule has 0 saturated heterocycles. The number of aryl methyl sites for hydroxylation is 2. The summed E-state index contributed by atoms with van der Waals surface area (Å²) in [5, 5.41) is 5.02. The average molecular weight is 407 g/mol. The van der Waals surface area contributed by atoms with E-state index in [0.29, 0.717) is 5.56 Å². The van der Waals surface area contributed by atoms with E-state index in [1.165, 1.54) is 0 Å². The number of aromatic amines is 1. The Kier molecular flexibility index (Phi) is 6.41. The predicted molar refractivity (Wildman–Crippen MR) is 107 cm³/mol. The lowest BCUT2D eigenvalue weighted by Crippen LogP contribution is -2.38. The van der Waals surface area contributed by atoms with Crippen molar-refractivity contribution in [1.29, 1.82) is 0 Å². The Morgan fingerprint density at radius 2 is 1.71 bits per heavy atom. The number of nitrogens with one attached hydrogen (secondary N) is 1. The van der Waals surface area contributed by atoms with Gasteiger partial charge in [0.1, 0.15) is 5.69 Å². The number of sulfonamides is 1. The van der Waals surface area contributed by atoms with Crippen LogP contribution in [0.3, 0.4) is 0 Å². The quantitative estimate of drug-likeness (QED) is 0.665. The van der Waals surface area contributed by atoms with Gasteiger partial charge in [0.05, 0.1) is 5.75 Å². The summed E-state index contributed by atoms with van der Waals surface area (Å²) in [5.41, 5.74) is 0.934. The number of rotatable bonds is 7. The Balaban J connectivity index is 2.69. The van der Waals surface area contributed by atoms with E-state index < -0.39 is 27.1 Å². The number of aromatic nitrogens is 2. The summed E-state index contributed by atoms with van der Waals surface area (Å²) in [6, 6.07) is 5.30. The molecule has 0 amide bonds. The van der Waals surface area contributed by atoms with Gasteiger partial charge in [0.2, 0.25) is 15.8 Å². The Labute approximate surface area is 163 Å². The number of hydrogen-bond donors (Lipinski definition) is 2. The maximum atomic E-state index is 13.3. The van der Waals surface area contributed by atoms with Gasteiger partial charge in [-0.05, 0) is 38.3 Å². The lowest BCUT2D eigenvalue weighted by atomic mass is 9.95. The zero-order valence-corrected chi connectivity index (χ0v) is 17.2. The fourth-order valence-corrected chi connectivity index (χ4v) is 3.78. The molecule has 1 aromatic carbocycles. The first-order valence-electron chi connectivity index (χ1n) is 8.91. The lowest BCUT2D eigenvalue weighted by molar-refractivity contribution is 0.102. The van der Waals surface area contributed by atoms with Crippen LogP contribution in [0.1, 0.15) is 58.9 Å². The molecule has 0 aliphatic heterocycles. The van der Waals surface area contributed by atoms with Crippen LogP contribution in [0.5, 0.6) is 0 Å². The van der Waals surface area contributed by atoms with Crippen LogP contribution in [-0.4, -0.2) is 29.5 Å². The molecular weight excluding hydrogens is 382 g/mol. The molecule has 0 radical (unpaired) electrons. The summed E-state index contributed by atoms with van der Waals surface area (Å²) in [6.45, 7) is 7.15. The van der Waals surface area contributed by atoms with E-state index in [1.54, 1.807) is 26.0 Å². The Hall–Kier alpha value is -2.52. The highest BCUT2D eigenvalue weighted by Crippen LogP contribution is 2.20. The van der Waals surface area contributed by atoms with Crippen molar-refractivity contribution in [3.05, 3.63) is 67.0 Å². The van der Waals surface area contributed by atoms with Crippen LogP contribution in [0, 0.1) is 13.8 Å². The molecule has 0 fully saturated rings. The van der Waals surface area contributed by atoms with E-state index in [9.17, 15) is 22.8 Å². The fourth-order valence-electron chi connectivity index (χ4n) is 3.25. The molecular formula is C19H25N3O5S. The van der Waals surface area contributed by atoms with Gasteiger partial charge >= 0.3 is 5.69 Å². The molecule has 1 aromatic heterocycles. The van der Waals surface area contributed by atoms with Crippen molar-refractivity contribution >= 4 is 15.8 Å². The molecule has 0 aliphatic carbocycles. The summed E-state index contributed by atoms with van der Waals surface area (Å²) in [6.07, 6.45) is 0.0371. The van der Waals surface area contributed by atoms with Crippen LogP contribution in [0.2, 0.25) is 0 Å². The molecule has 0 bridgehead atoms. The molecule has 1 heterocycles. The molecule has 2 rings (SSSR count). The van der Waals surface area contributed by atoms with Crippen molar-refractivity contribution in [2.45, 2.75) is 46.6 Å². The normalized spacial score (nSPS) is 11.8. The van der Waals surface area contributed by atoms with Crippen molar-refractivity contribution in [3.8, 4) is 0 Å². The molecule has 0 aliphatic rings. The van der Waals surface area contributed by atoms with Crippen molar-refractivity contribution in [3.63, 3.8) is 0 Å². The molecule has 2 aromatic rings. The van der Waals surface area contributed by atoms with E-state index >= 15 is 0 Å². The number of nitrogens with two attached hydrogens (primary N) is 1. The standard InChI is InChI=1S/C19H25N3O5S/c1-11(2)15-16(17(23)14-9-12(3)8-13(4)10-14)22(19(25)21-18(15)24)6-5-7-28(20,26)27/h8-11H,5-7H2,1-4H3,(H2,20,26,27)(H,21,24,25). The highest BCUT2D eigenvalue weighted by Gasteiger charge is 2.24. The van der Waals surface area contributed by atoms with Gasteiger partial charge in [-0.15, -0.1) is 0 Å². The summed E-state index contributed by atoms with van der Waals surface area (Å²) in [5.74, 6) is -1.11. The number of nitrogens with zero attached hydrogens (tertiary/aromatic N) is 1. The number of carbonyl (C=O) groups excluding carboxylic acids is 1. The molecule has 0 spiro atoms. The van der Waals surface area contributed by atoms with Crippen molar-refractivity contribution in [1.82, 2.24) is 9.55 Å². The molecule has 152 valence electrons. The topological polar surface area (TPSA) is 132 Å². The molecule has 28 heavy (non-hydrogen) atoms. The van der Waals surface area contributed by atoms with Gasteiger partial charge < -0.3 is 0 Å². The van der Waals surface area contributed by atoms with Gasteiger partial charge in [-0.2, -0.15) is 0 Å². The minimum absolute atomic E-state index is 0.0110. The smallest absolute Gasteiger partial charge is 0.290 e. The van der Waals surface area contributed by atoms with Crippen LogP contribution >= 0.6 is 0 Å². The average Bonchev–Trinajstić information content (AvgIpc) is 2.53. The van der Waals surface area contributed by atoms with E-state index in [2.05, 4.69) is 4.98 Å². The molecule has 9 heteroatoms. The zero-order chi connectivity index (χ0) is 21.2. The summed E-state index contributed by atoms with van der Waals surface area (Å²) in [4.78, 5) is 40.4. The molecule has 0 atom stereocenters. The van der Waals surface area contributed by atoms with Crippen molar-refractivity contribution in [2.24, 2.45) is 5.14 Å². The molecule has 3 N–H and O–H groups in total. The van der Waals surface area contributed by atoms with E-state index in [1.807, 2.05) is 19.9 Å². The minimum atomic E-state index is -3.71. The third-order valence-electron chi connectivity index (χ3n) is 4.32. The highest BCUT2D eigenvalue weighted by molar-refractivity contribution is 7.89. The number of ketones is 1. The first-order chi connectivity index (χ1) is 12.9. The zero-order valence-electron chi connectivity index (χ0n) is 16.4. The van der Waals surface area contributed by atoms with Crippen LogP contribution in [-0.2, 0) is 16.6 Å². The first kappa shape index (κ1) is 21.8. The summed E-state index contributed by atoms with van der Waals surface area (Å²) in [7, 11) is -3.71. The van der Waals surface area contributed by atoms with Gasteiger partial charge in [-0.1, -0.05) is 31.0 Å². The summed E-state index contributed by atoms with van der Waals surface area (Å²) >= 11 is 0. The van der Waals surface area contributed by atoms with Gasteiger partial charge in [-0.3, -0.25) is 19.1 Å². The maximum Gasteiger partial charge on any atom is 0.328 e. The van der Waals surface area contributed by atoms with Gasteiger partial charge in [-0.25, -0.2) is 18.4 Å². The van der Waals surface area contributed by atoms with Gasteiger partial charge in [0, 0.05) is 17.7 Å². The van der Waals surface area contributed by atoms with Crippen LogP contribution in [0.4, 0.5) is 0 Å². The van der Waals surface area contributed by atoms with E-state index in [-0.39, 0.29) is 35.9 Å². The van der Waals surface area contributed by atoms with E-state index in [0.717, 1.165) is 15.7 Å². The number of primary sulfonamides is 1. The van der Waals surface area contributed by atoms with Gasteiger partial charge in [0.25, 0.3) is 5.56 Å². The Bertz CT molecular complexity index is 1110. The van der Waals surface area contributed by atoms with Crippen molar-refractivity contribution < 1.29 is 13.2 Å². The second kappa shape index (κ2) is 8.24. The highest BCUT2D eigenvalue weighted by atomic mass is 32.2. The Morgan fingerprint density at radius 1 is 1.14 bits per heavy atom. The van der Waals surface area contributed by atoms with Crippen LogP contribution < -0.4 is 16.4 Å². The second-order valence-electron chi connectivity index (χ2n) is 7.25. The Morgan fingerprint density at radius 3 is 2.21 bits per heavy atom. The SMILES string of the molecule is Cc1cc(C)cc(C(=O)c2c(C(C)C)c(=O)[nH]c(=O)n2CCCS(N)(=O)=O)c1. The molecule has 0 saturated carbocycles. The third kappa shape index (κ3) is 5.05. The minimum Gasteiger partial charge on any atom is -0.290 e. The third-order valence-corrected chi connectivity index (χ3v) is 5.18. The monoisotopic (exact) mass is 407 g/mol. The molecule has 8 nitrogen and oxygen atoms in total. The van der Waals surface area contributed by atoms with Crippen LogP contribution in [0.15, 0.2) is 27.8 Å². The van der Waals surface area contributed by atoms with E-state index in [4.69, 9.17) is 5.14 Å². The lowest BCUT2D eigenvalue weighted by Gasteiger charge is -2.17. The largest absolute Gasteiger partial charge is 0.328 e. The molecule has 0 unspecified atom stereocenters. The maximum absolute atomic E-state index is 13.3. The predicted octanol–water partition coefficient (Wildman–Crippen LogP) is 1.19. The fraction of sp³-hybridized carbons (Fsp3) is 0.421. The summed E-state index contributed by atoms with van der Waals surface area (Å²) < 4.78 is 23.6.